The first kappa shape index (κ1) is 26.1. The van der Waals surface area contributed by atoms with E-state index in [1.54, 1.807) is 6.07 Å². The lowest BCUT2D eigenvalue weighted by Crippen LogP contribution is -2.58. The molecule has 2 atom stereocenters. The van der Waals surface area contributed by atoms with Gasteiger partial charge in [-0.1, -0.05) is 29.3 Å². The van der Waals surface area contributed by atoms with Gasteiger partial charge in [-0.15, -0.1) is 0 Å². The van der Waals surface area contributed by atoms with Gasteiger partial charge in [-0.3, -0.25) is 4.79 Å². The van der Waals surface area contributed by atoms with Gasteiger partial charge in [0.05, 0.1) is 17.2 Å². The molecule has 1 aromatic heterocycles. The number of carboxylic acids is 1. The third-order valence-electron chi connectivity index (χ3n) is 9.46. The SMILES string of the molecule is C[C@@H](Nc1nc(N2CC([C@H]3CCCN(C4CC(C)(C(=O)O)C4)C3)C2)nc2c1CCC2)c1ccc(Cl)cc1Cl. The number of nitrogens with zero attached hydrogens (tertiary/aromatic N) is 4. The van der Waals surface area contributed by atoms with Crippen LogP contribution in [0.2, 0.25) is 10.0 Å². The molecular weight excluding hydrogens is 521 g/mol. The van der Waals surface area contributed by atoms with Crippen LogP contribution in [0, 0.1) is 17.3 Å². The molecule has 4 aliphatic rings. The third-order valence-corrected chi connectivity index (χ3v) is 10.0. The molecule has 0 unspecified atom stereocenters. The van der Waals surface area contributed by atoms with Crippen molar-refractivity contribution in [1.29, 1.82) is 0 Å². The summed E-state index contributed by atoms with van der Waals surface area (Å²) in [6.45, 7) is 8.18. The van der Waals surface area contributed by atoms with Crippen molar-refractivity contribution in [2.24, 2.45) is 17.3 Å². The second-order valence-electron chi connectivity index (χ2n) is 12.2. The number of carbonyl (C=O) groups is 1. The molecule has 7 nitrogen and oxygen atoms in total. The number of carboxylic acid groups (broad SMARTS) is 1. The summed E-state index contributed by atoms with van der Waals surface area (Å²) in [5, 5.41) is 14.4. The summed E-state index contributed by atoms with van der Waals surface area (Å²) in [4.78, 5) is 26.4. The van der Waals surface area contributed by atoms with Crippen LogP contribution >= 0.6 is 23.2 Å². The highest BCUT2D eigenvalue weighted by molar-refractivity contribution is 6.35. The van der Waals surface area contributed by atoms with Gasteiger partial charge in [-0.2, -0.15) is 4.98 Å². The summed E-state index contributed by atoms with van der Waals surface area (Å²) in [6, 6.07) is 6.07. The summed E-state index contributed by atoms with van der Waals surface area (Å²) >= 11 is 12.6. The number of hydrogen-bond acceptors (Lipinski definition) is 6. The van der Waals surface area contributed by atoms with Crippen molar-refractivity contribution in [2.45, 2.75) is 70.9 Å². The van der Waals surface area contributed by atoms with Crippen molar-refractivity contribution in [1.82, 2.24) is 14.9 Å². The fourth-order valence-corrected chi connectivity index (χ4v) is 7.53. The lowest BCUT2D eigenvalue weighted by molar-refractivity contribution is -0.158. The quantitative estimate of drug-likeness (QED) is 0.442. The van der Waals surface area contributed by atoms with E-state index in [1.165, 1.54) is 24.1 Å². The summed E-state index contributed by atoms with van der Waals surface area (Å²) in [5.41, 5.74) is 2.88. The monoisotopic (exact) mass is 557 g/mol. The Morgan fingerprint density at radius 3 is 2.66 bits per heavy atom. The van der Waals surface area contributed by atoms with Gasteiger partial charge in [0.25, 0.3) is 0 Å². The molecule has 3 heterocycles. The maximum atomic E-state index is 11.5. The molecule has 1 saturated carbocycles. The van der Waals surface area contributed by atoms with E-state index in [9.17, 15) is 9.90 Å². The minimum absolute atomic E-state index is 0.000864. The van der Waals surface area contributed by atoms with E-state index in [2.05, 4.69) is 22.0 Å². The van der Waals surface area contributed by atoms with Crippen LogP contribution in [-0.4, -0.2) is 58.2 Å². The first-order valence-electron chi connectivity index (χ1n) is 14.0. The van der Waals surface area contributed by atoms with Gasteiger partial charge < -0.3 is 20.2 Å². The van der Waals surface area contributed by atoms with Gasteiger partial charge in [0.1, 0.15) is 5.82 Å². The topological polar surface area (TPSA) is 81.6 Å². The minimum atomic E-state index is -0.647. The standard InChI is InChI=1S/C29H37Cl2N5O2/c1-17(22-9-8-20(30)11-24(22)31)32-26-23-6-3-7-25(23)33-28(34-26)36-15-19(16-36)18-5-4-10-35(14-18)21-12-29(2,13-21)27(37)38/h8-9,11,17-19,21H,3-7,10,12-16H2,1-2H3,(H,37,38)(H,32,33,34)/t17-,18+,21?,29?/m1/s1. The number of aryl methyl sites for hydroxylation is 1. The zero-order chi connectivity index (χ0) is 26.6. The van der Waals surface area contributed by atoms with Crippen LogP contribution in [0.1, 0.15) is 68.8 Å². The van der Waals surface area contributed by atoms with Crippen molar-refractivity contribution < 1.29 is 9.90 Å². The van der Waals surface area contributed by atoms with E-state index in [-0.39, 0.29) is 6.04 Å². The highest BCUT2D eigenvalue weighted by atomic mass is 35.5. The normalized spacial score (nSPS) is 28.4. The van der Waals surface area contributed by atoms with Crippen molar-refractivity contribution in [3.63, 3.8) is 0 Å². The Bertz CT molecular complexity index is 1230. The van der Waals surface area contributed by atoms with E-state index in [0.29, 0.717) is 27.9 Å². The van der Waals surface area contributed by atoms with E-state index >= 15 is 0 Å². The second kappa shape index (κ2) is 10.1. The molecule has 2 aromatic rings. The van der Waals surface area contributed by atoms with Crippen LogP contribution in [0.15, 0.2) is 18.2 Å². The van der Waals surface area contributed by atoms with Gasteiger partial charge in [0, 0.05) is 41.3 Å². The molecule has 0 bridgehead atoms. The largest absolute Gasteiger partial charge is 0.481 e. The predicted octanol–water partition coefficient (Wildman–Crippen LogP) is 5.85. The minimum Gasteiger partial charge on any atom is -0.481 e. The number of anilines is 2. The number of benzene rings is 1. The van der Waals surface area contributed by atoms with Crippen LogP contribution in [0.3, 0.4) is 0 Å². The molecule has 9 heteroatoms. The van der Waals surface area contributed by atoms with Crippen LogP contribution in [0.5, 0.6) is 0 Å². The lowest BCUT2D eigenvalue weighted by Gasteiger charge is -2.52. The number of halogens is 2. The number of piperidine rings is 1. The number of aromatic nitrogens is 2. The van der Waals surface area contributed by atoms with Crippen molar-refractivity contribution >= 4 is 40.9 Å². The molecule has 2 aliphatic carbocycles. The molecule has 2 aliphatic heterocycles. The van der Waals surface area contributed by atoms with Gasteiger partial charge in [-0.25, -0.2) is 4.98 Å². The van der Waals surface area contributed by atoms with E-state index in [1.807, 2.05) is 19.1 Å². The Morgan fingerprint density at radius 1 is 1.13 bits per heavy atom. The number of likely N-dealkylation sites (tertiary alicyclic amines) is 1. The van der Waals surface area contributed by atoms with Crippen LogP contribution in [-0.2, 0) is 17.6 Å². The average Bonchev–Trinajstić information content (AvgIpc) is 3.30. The second-order valence-corrected chi connectivity index (χ2v) is 13.0. The number of nitrogens with one attached hydrogen (secondary N) is 1. The molecule has 6 rings (SSSR count). The average molecular weight is 559 g/mol. The number of hydrogen-bond donors (Lipinski definition) is 2. The summed E-state index contributed by atoms with van der Waals surface area (Å²) in [6.07, 6.45) is 7.14. The zero-order valence-corrected chi connectivity index (χ0v) is 23.7. The lowest BCUT2D eigenvalue weighted by atomic mass is 9.65. The maximum absolute atomic E-state index is 11.5. The smallest absolute Gasteiger partial charge is 0.309 e. The van der Waals surface area contributed by atoms with Crippen LogP contribution < -0.4 is 10.2 Å². The van der Waals surface area contributed by atoms with Gasteiger partial charge >= 0.3 is 5.97 Å². The van der Waals surface area contributed by atoms with E-state index < -0.39 is 11.4 Å². The Labute approximate surface area is 234 Å². The summed E-state index contributed by atoms with van der Waals surface area (Å²) < 4.78 is 0. The Hall–Kier alpha value is -2.09. The Morgan fingerprint density at radius 2 is 1.92 bits per heavy atom. The molecule has 0 radical (unpaired) electrons. The van der Waals surface area contributed by atoms with Crippen molar-refractivity contribution in [3.05, 3.63) is 45.1 Å². The number of aliphatic carboxylic acids is 1. The van der Waals surface area contributed by atoms with Crippen molar-refractivity contribution in [2.75, 3.05) is 36.4 Å². The van der Waals surface area contributed by atoms with Crippen LogP contribution in [0.25, 0.3) is 0 Å². The third kappa shape index (κ3) is 4.86. The first-order chi connectivity index (χ1) is 18.2. The van der Waals surface area contributed by atoms with Crippen molar-refractivity contribution in [3.8, 4) is 0 Å². The number of rotatable bonds is 7. The molecule has 38 heavy (non-hydrogen) atoms. The maximum Gasteiger partial charge on any atom is 0.309 e. The highest BCUT2D eigenvalue weighted by Gasteiger charge is 2.49. The molecule has 3 fully saturated rings. The van der Waals surface area contributed by atoms with E-state index in [0.717, 1.165) is 75.6 Å². The molecule has 2 saturated heterocycles. The predicted molar refractivity (Wildman–Crippen MR) is 151 cm³/mol. The van der Waals surface area contributed by atoms with Crippen LogP contribution in [0.4, 0.5) is 11.8 Å². The molecule has 204 valence electrons. The Kier molecular flexibility index (Phi) is 6.98. The molecule has 1 aromatic carbocycles. The number of fused-ring (bicyclic) bond motifs is 1. The zero-order valence-electron chi connectivity index (χ0n) is 22.2. The molecule has 0 spiro atoms. The van der Waals surface area contributed by atoms with Gasteiger partial charge in [-0.05, 0) is 94.9 Å². The summed E-state index contributed by atoms with van der Waals surface area (Å²) in [7, 11) is 0. The first-order valence-corrected chi connectivity index (χ1v) is 14.8. The fourth-order valence-electron chi connectivity index (χ4n) is 6.96. The summed E-state index contributed by atoms with van der Waals surface area (Å²) in [5.74, 6) is 2.42. The van der Waals surface area contributed by atoms with Gasteiger partial charge in [0.2, 0.25) is 5.95 Å². The Balaban J connectivity index is 1.10. The fraction of sp³-hybridized carbons (Fsp3) is 0.621. The van der Waals surface area contributed by atoms with E-state index in [4.69, 9.17) is 33.2 Å². The van der Waals surface area contributed by atoms with Gasteiger partial charge in [0.15, 0.2) is 0 Å². The highest BCUT2D eigenvalue weighted by Crippen LogP contribution is 2.45. The molecule has 0 amide bonds. The molecule has 2 N–H and O–H groups in total. The molecular formula is C29H37Cl2N5O2.